The summed E-state index contributed by atoms with van der Waals surface area (Å²) >= 11 is 0. The van der Waals surface area contributed by atoms with Gasteiger partial charge in [-0.3, -0.25) is 9.59 Å². The summed E-state index contributed by atoms with van der Waals surface area (Å²) in [4.78, 5) is 40.0. The van der Waals surface area contributed by atoms with Crippen molar-refractivity contribution in [3.8, 4) is 17.1 Å². The number of nitrogens with zero attached hydrogens (tertiary/aromatic N) is 4. The van der Waals surface area contributed by atoms with E-state index in [9.17, 15) is 18.0 Å². The van der Waals surface area contributed by atoms with Crippen molar-refractivity contribution in [1.82, 2.24) is 19.8 Å². The molecule has 11 heteroatoms. The molecule has 5 rings (SSSR count). The fraction of sp³-hybridized carbons (Fsp3) is 0.455. The highest BCUT2D eigenvalue weighted by molar-refractivity contribution is 7.92. The lowest BCUT2D eigenvalue weighted by Gasteiger charge is -2.37. The van der Waals surface area contributed by atoms with Crippen LogP contribution in [0, 0.1) is 19.3 Å². The molecule has 0 unspecified atom stereocenters. The number of anilines is 1. The van der Waals surface area contributed by atoms with E-state index in [2.05, 4.69) is 35.5 Å². The van der Waals surface area contributed by atoms with E-state index in [0.717, 1.165) is 36.0 Å². The smallest absolute Gasteiger partial charge is 0.264 e. The normalized spacial score (nSPS) is 18.8. The van der Waals surface area contributed by atoms with Crippen molar-refractivity contribution in [2.45, 2.75) is 71.2 Å². The Bertz CT molecular complexity index is 1640. The number of hydrogen-bond acceptors (Lipinski definition) is 7. The van der Waals surface area contributed by atoms with E-state index in [-0.39, 0.29) is 46.8 Å². The molecule has 2 aromatic carbocycles. The summed E-state index contributed by atoms with van der Waals surface area (Å²) in [6.45, 7) is 11.4. The molecule has 1 N–H and O–H groups in total. The average Bonchev–Trinajstić information content (AvgIpc) is 2.97. The monoisotopic (exact) mass is 619 g/mol. The molecule has 1 aromatic heterocycles. The number of nitrogens with one attached hydrogen (secondary N) is 1. The Morgan fingerprint density at radius 2 is 1.68 bits per heavy atom. The zero-order valence-electron chi connectivity index (χ0n) is 26.1. The molecule has 234 valence electrons. The number of aryl methyl sites for hydroxylation is 2. The Morgan fingerprint density at radius 1 is 1.00 bits per heavy atom. The van der Waals surface area contributed by atoms with Crippen LogP contribution in [0.4, 0.5) is 5.95 Å². The maximum Gasteiger partial charge on any atom is 0.264 e. The van der Waals surface area contributed by atoms with Crippen LogP contribution in [0.5, 0.6) is 5.88 Å². The molecule has 2 aliphatic heterocycles. The van der Waals surface area contributed by atoms with Gasteiger partial charge in [0, 0.05) is 30.3 Å². The van der Waals surface area contributed by atoms with Gasteiger partial charge < -0.3 is 14.5 Å². The Morgan fingerprint density at radius 3 is 2.36 bits per heavy atom. The van der Waals surface area contributed by atoms with Gasteiger partial charge in [-0.05, 0) is 74.3 Å². The van der Waals surface area contributed by atoms with Crippen LogP contribution >= 0.6 is 0 Å². The van der Waals surface area contributed by atoms with Crippen molar-refractivity contribution in [3.05, 3.63) is 65.2 Å². The first kappa shape index (κ1) is 31.4. The van der Waals surface area contributed by atoms with Gasteiger partial charge >= 0.3 is 0 Å². The van der Waals surface area contributed by atoms with E-state index in [4.69, 9.17) is 4.74 Å². The lowest BCUT2D eigenvalue weighted by atomic mass is 9.87. The van der Waals surface area contributed by atoms with Crippen molar-refractivity contribution < 1.29 is 22.7 Å². The van der Waals surface area contributed by atoms with E-state index < -0.39 is 22.0 Å². The summed E-state index contributed by atoms with van der Waals surface area (Å²) in [5, 5.41) is 0. The van der Waals surface area contributed by atoms with Crippen LogP contribution in [0.1, 0.15) is 67.9 Å². The third-order valence-corrected chi connectivity index (χ3v) is 9.37. The molecule has 0 aliphatic carbocycles. The van der Waals surface area contributed by atoms with Gasteiger partial charge in [-0.2, -0.15) is 4.98 Å². The van der Waals surface area contributed by atoms with Gasteiger partial charge in [0.25, 0.3) is 15.9 Å². The third kappa shape index (κ3) is 7.20. The fourth-order valence-corrected chi connectivity index (χ4v) is 6.92. The minimum Gasteiger partial charge on any atom is -0.475 e. The van der Waals surface area contributed by atoms with E-state index >= 15 is 0 Å². The molecule has 2 amide bonds. The van der Waals surface area contributed by atoms with Crippen molar-refractivity contribution in [3.63, 3.8) is 0 Å². The number of amides is 2. The molecule has 1 atom stereocenters. The molecule has 1 saturated heterocycles. The quantitative estimate of drug-likeness (QED) is 0.425. The Kier molecular flexibility index (Phi) is 8.97. The molecule has 3 heterocycles. The van der Waals surface area contributed by atoms with E-state index in [1.165, 1.54) is 18.2 Å². The molecule has 1 fully saturated rings. The molecule has 2 aliphatic rings. The van der Waals surface area contributed by atoms with E-state index in [1.807, 2.05) is 36.9 Å². The molecular formula is C33H41N5O5S. The van der Waals surface area contributed by atoms with Crippen molar-refractivity contribution >= 4 is 27.8 Å². The maximum atomic E-state index is 14.2. The average molecular weight is 620 g/mol. The predicted molar refractivity (Wildman–Crippen MR) is 169 cm³/mol. The first-order valence-corrected chi connectivity index (χ1v) is 16.6. The Balaban J connectivity index is 1.64. The van der Waals surface area contributed by atoms with Crippen molar-refractivity contribution in [2.75, 3.05) is 31.0 Å². The number of likely N-dealkylation sites (tertiary alicyclic amines) is 1. The maximum absolute atomic E-state index is 14.2. The SMILES string of the molecule is Cc1cccc(C)c1-c1cc2nc(n1)NS(=O)(=O)c1cccc(c1)C(=O)N(CC(=O)N1CCCCC1)[C@H](CC(C)(C)C)CO2. The van der Waals surface area contributed by atoms with Gasteiger partial charge in [-0.15, -0.1) is 0 Å². The molecule has 44 heavy (non-hydrogen) atoms. The first-order valence-electron chi connectivity index (χ1n) is 15.1. The predicted octanol–water partition coefficient (Wildman–Crippen LogP) is 5.21. The number of aromatic nitrogens is 2. The summed E-state index contributed by atoms with van der Waals surface area (Å²) in [5.74, 6) is -0.539. The number of sulfonamides is 1. The standard InChI is InChI=1S/C33H41N5O5S/c1-22-11-9-12-23(2)30(22)27-18-28-35-32(34-27)36-44(41,42)26-14-10-13-24(17-26)31(40)38(25(21-43-28)19-33(3,4)5)20-29(39)37-15-7-6-8-16-37/h9-14,17-18,25H,6-8,15-16,19-21H2,1-5H3,(H,34,35,36)/t25-/m1/s1. The molecule has 0 spiro atoms. The van der Waals surface area contributed by atoms with E-state index in [0.29, 0.717) is 25.2 Å². The summed E-state index contributed by atoms with van der Waals surface area (Å²) < 4.78 is 35.9. The third-order valence-electron chi connectivity index (χ3n) is 8.04. The number of carbonyl (C=O) groups is 2. The zero-order chi connectivity index (χ0) is 31.6. The number of fused-ring (bicyclic) bond motifs is 4. The van der Waals surface area contributed by atoms with Crippen LogP contribution in [0.15, 0.2) is 53.4 Å². The Labute approximate surface area is 259 Å². The minimum absolute atomic E-state index is 0.0470. The molecule has 4 bridgehead atoms. The van der Waals surface area contributed by atoms with Crippen LogP contribution in [-0.4, -0.2) is 72.3 Å². The fourth-order valence-electron chi connectivity index (χ4n) is 5.94. The summed E-state index contributed by atoms with van der Waals surface area (Å²) in [5.41, 5.74) is 3.23. The van der Waals surface area contributed by atoms with Gasteiger partial charge in [0.05, 0.1) is 16.6 Å². The molecule has 3 aromatic rings. The van der Waals surface area contributed by atoms with Gasteiger partial charge in [0.1, 0.15) is 13.2 Å². The van der Waals surface area contributed by atoms with Crippen molar-refractivity contribution in [2.24, 2.45) is 5.41 Å². The highest BCUT2D eigenvalue weighted by Crippen LogP contribution is 2.31. The van der Waals surface area contributed by atoms with Gasteiger partial charge in [-0.1, -0.05) is 45.0 Å². The molecular weight excluding hydrogens is 578 g/mol. The highest BCUT2D eigenvalue weighted by atomic mass is 32.2. The number of piperidine rings is 1. The highest BCUT2D eigenvalue weighted by Gasteiger charge is 2.33. The van der Waals surface area contributed by atoms with Crippen LogP contribution in [0.2, 0.25) is 0 Å². The number of rotatable bonds is 4. The Hall–Kier alpha value is -3.99. The second-order valence-electron chi connectivity index (χ2n) is 12.9. The lowest BCUT2D eigenvalue weighted by molar-refractivity contribution is -0.133. The number of benzene rings is 2. The molecule has 0 saturated carbocycles. The number of ether oxygens (including phenoxy) is 1. The zero-order valence-corrected chi connectivity index (χ0v) is 26.9. The lowest BCUT2D eigenvalue weighted by Crippen LogP contribution is -2.51. The minimum atomic E-state index is -4.18. The van der Waals surface area contributed by atoms with Crippen LogP contribution in [0.25, 0.3) is 11.3 Å². The van der Waals surface area contributed by atoms with Crippen molar-refractivity contribution in [1.29, 1.82) is 0 Å². The van der Waals surface area contributed by atoms with Crippen LogP contribution < -0.4 is 9.46 Å². The summed E-state index contributed by atoms with van der Waals surface area (Å²) in [6, 6.07) is 12.9. The second-order valence-corrected chi connectivity index (χ2v) is 14.6. The topological polar surface area (TPSA) is 122 Å². The summed E-state index contributed by atoms with van der Waals surface area (Å²) in [6.07, 6.45) is 3.47. The largest absolute Gasteiger partial charge is 0.475 e. The van der Waals surface area contributed by atoms with E-state index in [1.54, 1.807) is 17.0 Å². The molecule has 10 nitrogen and oxygen atoms in total. The van der Waals surface area contributed by atoms with Gasteiger partial charge in [0.15, 0.2) is 0 Å². The van der Waals surface area contributed by atoms with Gasteiger partial charge in [-0.25, -0.2) is 18.1 Å². The van der Waals surface area contributed by atoms with Crippen LogP contribution in [0.3, 0.4) is 0 Å². The molecule has 0 radical (unpaired) electrons. The number of carbonyl (C=O) groups excluding carboxylic acids is 2. The number of hydrogen-bond donors (Lipinski definition) is 1. The second kappa shape index (κ2) is 12.6. The first-order chi connectivity index (χ1) is 20.8. The van der Waals surface area contributed by atoms with Crippen LogP contribution in [-0.2, 0) is 14.8 Å². The van der Waals surface area contributed by atoms with Gasteiger partial charge in [0.2, 0.25) is 17.7 Å². The summed E-state index contributed by atoms with van der Waals surface area (Å²) in [7, 11) is -4.18.